The number of hydrogen-bond acceptors (Lipinski definition) is 6. The smallest absolute Gasteiger partial charge is 0.268 e. The summed E-state index contributed by atoms with van der Waals surface area (Å²) >= 11 is 2.88. The van der Waals surface area contributed by atoms with Gasteiger partial charge in [0.1, 0.15) is 5.75 Å². The third-order valence-corrected chi connectivity index (χ3v) is 7.12. The first-order valence-electron chi connectivity index (χ1n) is 10.5. The second kappa shape index (κ2) is 10.3. The highest BCUT2D eigenvalue weighted by Gasteiger charge is 2.26. The fourth-order valence-electron chi connectivity index (χ4n) is 3.48. The van der Waals surface area contributed by atoms with E-state index in [2.05, 4.69) is 12.2 Å². The van der Waals surface area contributed by atoms with Crippen molar-refractivity contribution in [2.75, 3.05) is 17.7 Å². The third-order valence-electron chi connectivity index (χ3n) is 4.93. The number of rotatable bonds is 8. The largest absolute Gasteiger partial charge is 0.494 e. The standard InChI is InChI=1S/C24H25N3O3S2/c1-3-30-19-11-9-18(10-12-19)25-21(28)15-31-24-26-20-13-16(2)32-22(20)23(29)27(24)14-17-7-5-4-6-8-17/h4-12,16H,3,13-15H2,1-2H3,(H,25,28). The van der Waals surface area contributed by atoms with Crippen LogP contribution in [0, 0.1) is 0 Å². The molecule has 0 radical (unpaired) electrons. The number of thioether (sulfide) groups is 2. The van der Waals surface area contributed by atoms with Gasteiger partial charge in [-0.3, -0.25) is 14.2 Å². The predicted octanol–water partition coefficient (Wildman–Crippen LogP) is 4.46. The van der Waals surface area contributed by atoms with Crippen LogP contribution in [-0.4, -0.2) is 33.1 Å². The molecule has 0 saturated carbocycles. The number of carbonyl (C=O) groups is 1. The summed E-state index contributed by atoms with van der Waals surface area (Å²) in [6.45, 7) is 5.05. The van der Waals surface area contributed by atoms with Crippen molar-refractivity contribution >= 4 is 35.1 Å². The van der Waals surface area contributed by atoms with Crippen LogP contribution >= 0.6 is 23.5 Å². The van der Waals surface area contributed by atoms with Crippen LogP contribution in [0.1, 0.15) is 25.1 Å². The van der Waals surface area contributed by atoms with Crippen molar-refractivity contribution in [3.8, 4) is 5.75 Å². The predicted molar refractivity (Wildman–Crippen MR) is 130 cm³/mol. The minimum atomic E-state index is -0.150. The van der Waals surface area contributed by atoms with Crippen molar-refractivity contribution in [2.45, 2.75) is 42.1 Å². The zero-order valence-electron chi connectivity index (χ0n) is 18.0. The average molecular weight is 468 g/mol. The molecule has 0 spiro atoms. The SMILES string of the molecule is CCOc1ccc(NC(=O)CSc2nc3c(c(=O)n2Cc2ccccc2)SC(C)C3)cc1. The minimum absolute atomic E-state index is 0.0253. The van der Waals surface area contributed by atoms with Gasteiger partial charge in [-0.2, -0.15) is 0 Å². The van der Waals surface area contributed by atoms with Crippen LogP contribution in [0.5, 0.6) is 5.75 Å². The summed E-state index contributed by atoms with van der Waals surface area (Å²) in [5.41, 5.74) is 2.54. The van der Waals surface area contributed by atoms with Gasteiger partial charge < -0.3 is 10.1 Å². The van der Waals surface area contributed by atoms with Crippen LogP contribution in [0.4, 0.5) is 5.69 Å². The van der Waals surface area contributed by atoms with E-state index < -0.39 is 0 Å². The van der Waals surface area contributed by atoms with Gasteiger partial charge in [0.2, 0.25) is 5.91 Å². The summed E-state index contributed by atoms with van der Waals surface area (Å²) in [5.74, 6) is 0.776. The van der Waals surface area contributed by atoms with Crippen LogP contribution in [0.15, 0.2) is 69.4 Å². The molecular weight excluding hydrogens is 442 g/mol. The molecular formula is C24H25N3O3S2. The number of anilines is 1. The average Bonchev–Trinajstić information content (AvgIpc) is 3.17. The van der Waals surface area contributed by atoms with Crippen LogP contribution < -0.4 is 15.6 Å². The lowest BCUT2D eigenvalue weighted by molar-refractivity contribution is -0.113. The van der Waals surface area contributed by atoms with Crippen molar-refractivity contribution < 1.29 is 9.53 Å². The second-order valence-electron chi connectivity index (χ2n) is 7.47. The third kappa shape index (κ3) is 5.37. The van der Waals surface area contributed by atoms with Crippen LogP contribution in [0.25, 0.3) is 0 Å². The Labute approximate surface area is 195 Å². The summed E-state index contributed by atoms with van der Waals surface area (Å²) < 4.78 is 7.12. The van der Waals surface area contributed by atoms with Crippen LogP contribution in [-0.2, 0) is 17.8 Å². The maximum Gasteiger partial charge on any atom is 0.268 e. The molecule has 1 aromatic heterocycles. The van der Waals surface area contributed by atoms with E-state index in [1.54, 1.807) is 16.3 Å². The van der Waals surface area contributed by atoms with Gasteiger partial charge >= 0.3 is 0 Å². The molecule has 32 heavy (non-hydrogen) atoms. The van der Waals surface area contributed by atoms with Crippen LogP contribution in [0.3, 0.4) is 0 Å². The molecule has 4 rings (SSSR count). The topological polar surface area (TPSA) is 73.2 Å². The highest BCUT2D eigenvalue weighted by Crippen LogP contribution is 2.34. The summed E-state index contributed by atoms with van der Waals surface area (Å²) in [6.07, 6.45) is 0.771. The molecule has 1 aliphatic heterocycles. The van der Waals surface area contributed by atoms with Crippen LogP contribution in [0.2, 0.25) is 0 Å². The first-order valence-corrected chi connectivity index (χ1v) is 12.4. The van der Waals surface area contributed by atoms with Crippen molar-refractivity contribution in [1.82, 2.24) is 9.55 Å². The minimum Gasteiger partial charge on any atom is -0.494 e. The van der Waals surface area contributed by atoms with E-state index in [0.29, 0.717) is 29.2 Å². The van der Waals surface area contributed by atoms with E-state index in [9.17, 15) is 9.59 Å². The van der Waals surface area contributed by atoms with Gasteiger partial charge in [0, 0.05) is 17.4 Å². The molecule has 1 N–H and O–H groups in total. The molecule has 0 bridgehead atoms. The van der Waals surface area contributed by atoms with Crippen molar-refractivity contribution in [2.24, 2.45) is 0 Å². The second-order valence-corrected chi connectivity index (χ2v) is 9.87. The fourth-order valence-corrected chi connectivity index (χ4v) is 5.41. The zero-order chi connectivity index (χ0) is 22.5. The number of hydrogen-bond donors (Lipinski definition) is 1. The quantitative estimate of drug-likeness (QED) is 0.390. The number of nitrogens with zero attached hydrogens (tertiary/aromatic N) is 2. The Hall–Kier alpha value is -2.71. The molecule has 0 saturated heterocycles. The van der Waals surface area contributed by atoms with Crippen molar-refractivity contribution in [3.05, 3.63) is 76.2 Å². The van der Waals surface area contributed by atoms with E-state index >= 15 is 0 Å². The number of benzene rings is 2. The first-order chi connectivity index (χ1) is 15.5. The Kier molecular flexibility index (Phi) is 7.22. The van der Waals surface area contributed by atoms with E-state index in [0.717, 1.165) is 28.3 Å². The Balaban J connectivity index is 1.50. The van der Waals surface area contributed by atoms with Gasteiger partial charge in [-0.15, -0.1) is 11.8 Å². The summed E-state index contributed by atoms with van der Waals surface area (Å²) in [6, 6.07) is 17.1. The number of nitrogens with one attached hydrogen (secondary N) is 1. The Morgan fingerprint density at radius 2 is 1.97 bits per heavy atom. The molecule has 166 valence electrons. The van der Waals surface area contributed by atoms with Gasteiger partial charge in [0.15, 0.2) is 5.16 Å². The van der Waals surface area contributed by atoms with Crippen molar-refractivity contribution in [1.29, 1.82) is 0 Å². The maximum atomic E-state index is 13.2. The van der Waals surface area contributed by atoms with Gasteiger partial charge in [0.05, 0.1) is 29.5 Å². The van der Waals surface area contributed by atoms with Gasteiger partial charge in [-0.25, -0.2) is 4.98 Å². The first kappa shape index (κ1) is 22.5. The number of carbonyl (C=O) groups excluding carboxylic acids is 1. The molecule has 0 aliphatic carbocycles. The number of amides is 1. The highest BCUT2D eigenvalue weighted by atomic mass is 32.2. The molecule has 0 fully saturated rings. The molecule has 1 amide bonds. The molecule has 1 unspecified atom stereocenters. The van der Waals surface area contributed by atoms with E-state index in [1.165, 1.54) is 11.8 Å². The molecule has 2 aromatic carbocycles. The number of aromatic nitrogens is 2. The molecule has 1 aliphatic rings. The fraction of sp³-hybridized carbons (Fsp3) is 0.292. The lowest BCUT2D eigenvalue weighted by atomic mass is 10.2. The highest BCUT2D eigenvalue weighted by molar-refractivity contribution is 8.00. The van der Waals surface area contributed by atoms with Crippen molar-refractivity contribution in [3.63, 3.8) is 0 Å². The molecule has 2 heterocycles. The van der Waals surface area contributed by atoms with E-state index in [1.807, 2.05) is 61.5 Å². The van der Waals surface area contributed by atoms with E-state index in [-0.39, 0.29) is 17.2 Å². The number of ether oxygens (including phenoxy) is 1. The van der Waals surface area contributed by atoms with Gasteiger partial charge in [-0.05, 0) is 36.8 Å². The Morgan fingerprint density at radius 3 is 2.69 bits per heavy atom. The Bertz CT molecular complexity index is 1150. The van der Waals surface area contributed by atoms with E-state index in [4.69, 9.17) is 9.72 Å². The molecule has 6 nitrogen and oxygen atoms in total. The summed E-state index contributed by atoms with van der Waals surface area (Å²) in [4.78, 5) is 31.3. The monoisotopic (exact) mass is 467 g/mol. The summed E-state index contributed by atoms with van der Waals surface area (Å²) in [5, 5.41) is 3.80. The summed E-state index contributed by atoms with van der Waals surface area (Å²) in [7, 11) is 0. The number of fused-ring (bicyclic) bond motifs is 1. The van der Waals surface area contributed by atoms with Gasteiger partial charge in [-0.1, -0.05) is 49.0 Å². The van der Waals surface area contributed by atoms with Gasteiger partial charge in [0.25, 0.3) is 5.56 Å². The molecule has 1 atom stereocenters. The lowest BCUT2D eigenvalue weighted by Gasteiger charge is -2.14. The lowest BCUT2D eigenvalue weighted by Crippen LogP contribution is -2.26. The normalized spacial score (nSPS) is 14.8. The Morgan fingerprint density at radius 1 is 1.22 bits per heavy atom. The molecule has 3 aromatic rings. The zero-order valence-corrected chi connectivity index (χ0v) is 19.7. The molecule has 8 heteroatoms. The maximum absolute atomic E-state index is 13.2.